The summed E-state index contributed by atoms with van der Waals surface area (Å²) in [5.74, 6) is -0.841. The lowest BCUT2D eigenvalue weighted by molar-refractivity contribution is -0.870. The third kappa shape index (κ3) is 29.1. The zero-order valence-electron chi connectivity index (χ0n) is 27.7. The molecule has 0 aromatic carbocycles. The fourth-order valence-corrected chi connectivity index (χ4v) is 5.15. The fraction of sp³-hybridized carbons (Fsp3) is 0.938. The van der Waals surface area contributed by atoms with Gasteiger partial charge in [-0.25, -0.2) is 0 Å². The molecule has 0 spiro atoms. The monoisotopic (exact) mass is 621 g/mol. The van der Waals surface area contributed by atoms with E-state index in [2.05, 4.69) is 13.8 Å². The van der Waals surface area contributed by atoms with Crippen molar-refractivity contribution in [2.75, 3.05) is 47.5 Å². The van der Waals surface area contributed by atoms with Gasteiger partial charge in [0.05, 0.1) is 27.7 Å². The van der Waals surface area contributed by atoms with Crippen LogP contribution in [0.1, 0.15) is 142 Å². The van der Waals surface area contributed by atoms with E-state index in [1.807, 2.05) is 21.1 Å². The van der Waals surface area contributed by atoms with Gasteiger partial charge in [-0.3, -0.25) is 14.2 Å². The molecule has 0 fully saturated rings. The van der Waals surface area contributed by atoms with Crippen LogP contribution in [-0.4, -0.2) is 70.0 Å². The Kier molecular flexibility index (Phi) is 25.8. The summed E-state index contributed by atoms with van der Waals surface area (Å²) in [5.41, 5.74) is 0. The van der Waals surface area contributed by atoms with Crippen molar-refractivity contribution in [2.24, 2.45) is 0 Å². The predicted molar refractivity (Wildman–Crippen MR) is 167 cm³/mol. The van der Waals surface area contributed by atoms with E-state index in [0.29, 0.717) is 17.4 Å². The number of rotatable bonds is 30. The van der Waals surface area contributed by atoms with Crippen molar-refractivity contribution in [1.82, 2.24) is 0 Å². The number of carbonyl (C=O) groups is 2. The number of quaternary nitrogens is 1. The second-order valence-electron chi connectivity index (χ2n) is 12.5. The highest BCUT2D eigenvalue weighted by Gasteiger charge is 2.21. The van der Waals surface area contributed by atoms with Crippen LogP contribution >= 0.6 is 7.82 Å². The fourth-order valence-electron chi connectivity index (χ4n) is 4.42. The SMILES string of the molecule is CCCCCCCCCCCCCCC(=O)OC(COC(=O)CCCCCCCC)COP(=O)([O-])OCC[N+](C)(C)C. The molecule has 0 heterocycles. The molecule has 0 aliphatic rings. The van der Waals surface area contributed by atoms with Crippen LogP contribution in [0.25, 0.3) is 0 Å². The summed E-state index contributed by atoms with van der Waals surface area (Å²) >= 11 is 0. The van der Waals surface area contributed by atoms with Gasteiger partial charge in [0, 0.05) is 12.8 Å². The minimum absolute atomic E-state index is 0.0269. The predicted octanol–water partition coefficient (Wildman–Crippen LogP) is 7.49. The summed E-state index contributed by atoms with van der Waals surface area (Å²) in [6.07, 6.45) is 20.1. The summed E-state index contributed by atoms with van der Waals surface area (Å²) < 4.78 is 33.5. The van der Waals surface area contributed by atoms with Gasteiger partial charge in [-0.2, -0.15) is 0 Å². The molecule has 0 rings (SSSR count). The van der Waals surface area contributed by atoms with E-state index in [1.54, 1.807) is 0 Å². The van der Waals surface area contributed by atoms with Crippen LogP contribution in [0.15, 0.2) is 0 Å². The molecule has 0 aromatic rings. The molecule has 0 bridgehead atoms. The Morgan fingerprint density at radius 1 is 0.643 bits per heavy atom. The number of ether oxygens (including phenoxy) is 2. The molecule has 0 saturated heterocycles. The van der Waals surface area contributed by atoms with Crippen molar-refractivity contribution in [3.05, 3.63) is 0 Å². The van der Waals surface area contributed by atoms with Crippen molar-refractivity contribution in [1.29, 1.82) is 0 Å². The van der Waals surface area contributed by atoms with E-state index in [9.17, 15) is 19.0 Å². The molecule has 0 amide bonds. The van der Waals surface area contributed by atoms with Gasteiger partial charge < -0.3 is 27.9 Å². The molecule has 2 atom stereocenters. The number of phosphoric acid groups is 1. The molecular formula is C32H64NO8P. The molecule has 0 aliphatic heterocycles. The van der Waals surface area contributed by atoms with Crippen LogP contribution in [0.4, 0.5) is 0 Å². The van der Waals surface area contributed by atoms with Crippen LogP contribution in [0, 0.1) is 0 Å². The van der Waals surface area contributed by atoms with Crippen molar-refractivity contribution < 1.29 is 42.1 Å². The van der Waals surface area contributed by atoms with Gasteiger partial charge in [-0.15, -0.1) is 0 Å². The Bertz CT molecular complexity index is 713. The minimum Gasteiger partial charge on any atom is -0.756 e. The first kappa shape index (κ1) is 41.0. The summed E-state index contributed by atoms with van der Waals surface area (Å²) in [6, 6.07) is 0. The summed E-state index contributed by atoms with van der Waals surface area (Å²) in [6.45, 7) is 4.13. The van der Waals surface area contributed by atoms with Crippen LogP contribution in [0.5, 0.6) is 0 Å². The lowest BCUT2D eigenvalue weighted by Crippen LogP contribution is -2.37. The molecule has 0 aliphatic carbocycles. The Labute approximate surface area is 257 Å². The lowest BCUT2D eigenvalue weighted by Gasteiger charge is -2.28. The minimum atomic E-state index is -4.60. The summed E-state index contributed by atoms with van der Waals surface area (Å²) in [5, 5.41) is 0. The van der Waals surface area contributed by atoms with E-state index in [-0.39, 0.29) is 26.1 Å². The van der Waals surface area contributed by atoms with Gasteiger partial charge >= 0.3 is 11.9 Å². The van der Waals surface area contributed by atoms with Gasteiger partial charge in [0.25, 0.3) is 7.82 Å². The molecule has 9 nitrogen and oxygen atoms in total. The number of nitrogens with zero attached hydrogens (tertiary/aromatic N) is 1. The Balaban J connectivity index is 4.45. The standard InChI is InChI=1S/C32H64NO8P/c1-6-8-10-12-14-15-16-17-18-19-21-23-25-32(35)41-30(28-38-31(34)24-22-20-13-11-9-7-2)29-40-42(36,37)39-27-26-33(3,4)5/h30H,6-29H2,1-5H3. The first-order chi connectivity index (χ1) is 20.0. The Morgan fingerprint density at radius 3 is 1.52 bits per heavy atom. The molecule has 0 radical (unpaired) electrons. The summed E-state index contributed by atoms with van der Waals surface area (Å²) in [4.78, 5) is 36.9. The maximum Gasteiger partial charge on any atom is 0.306 e. The first-order valence-electron chi connectivity index (χ1n) is 16.7. The molecule has 250 valence electrons. The van der Waals surface area contributed by atoms with Crippen molar-refractivity contribution >= 4 is 19.8 Å². The van der Waals surface area contributed by atoms with E-state index in [0.717, 1.165) is 38.5 Å². The first-order valence-corrected chi connectivity index (χ1v) is 18.2. The van der Waals surface area contributed by atoms with Gasteiger partial charge in [-0.05, 0) is 12.8 Å². The van der Waals surface area contributed by atoms with E-state index in [1.165, 1.54) is 70.6 Å². The van der Waals surface area contributed by atoms with Crippen molar-refractivity contribution in [2.45, 2.75) is 148 Å². The zero-order valence-corrected chi connectivity index (χ0v) is 28.6. The zero-order chi connectivity index (χ0) is 31.5. The average molecular weight is 622 g/mol. The molecule has 0 aromatic heterocycles. The van der Waals surface area contributed by atoms with Crippen LogP contribution in [0.3, 0.4) is 0 Å². The number of likely N-dealkylation sites (N-methyl/N-ethyl adjacent to an activating group) is 1. The number of hydrogen-bond donors (Lipinski definition) is 0. The maximum atomic E-state index is 12.5. The van der Waals surface area contributed by atoms with E-state index < -0.39 is 32.5 Å². The van der Waals surface area contributed by atoms with Crippen LogP contribution in [0.2, 0.25) is 0 Å². The smallest absolute Gasteiger partial charge is 0.306 e. The van der Waals surface area contributed by atoms with Gasteiger partial charge in [0.15, 0.2) is 6.10 Å². The molecule has 0 N–H and O–H groups in total. The number of phosphoric ester groups is 1. The van der Waals surface area contributed by atoms with Crippen LogP contribution < -0.4 is 4.89 Å². The number of hydrogen-bond acceptors (Lipinski definition) is 8. The number of carbonyl (C=O) groups excluding carboxylic acids is 2. The summed E-state index contributed by atoms with van der Waals surface area (Å²) in [7, 11) is 1.17. The third-order valence-corrected chi connectivity index (χ3v) is 8.09. The number of esters is 2. The van der Waals surface area contributed by atoms with Crippen molar-refractivity contribution in [3.63, 3.8) is 0 Å². The largest absolute Gasteiger partial charge is 0.756 e. The van der Waals surface area contributed by atoms with Gasteiger partial charge in [-0.1, -0.05) is 117 Å². The van der Waals surface area contributed by atoms with Crippen molar-refractivity contribution in [3.8, 4) is 0 Å². The maximum absolute atomic E-state index is 12.5. The number of unbranched alkanes of at least 4 members (excludes halogenated alkanes) is 16. The Morgan fingerprint density at radius 2 is 1.07 bits per heavy atom. The highest BCUT2D eigenvalue weighted by atomic mass is 31.2. The van der Waals surface area contributed by atoms with Crippen LogP contribution in [-0.2, 0) is 32.7 Å². The van der Waals surface area contributed by atoms with E-state index >= 15 is 0 Å². The highest BCUT2D eigenvalue weighted by molar-refractivity contribution is 7.45. The highest BCUT2D eigenvalue weighted by Crippen LogP contribution is 2.38. The van der Waals surface area contributed by atoms with Gasteiger partial charge in [0.2, 0.25) is 0 Å². The second kappa shape index (κ2) is 26.4. The molecule has 2 unspecified atom stereocenters. The average Bonchev–Trinajstić information content (AvgIpc) is 2.92. The second-order valence-corrected chi connectivity index (χ2v) is 14.0. The van der Waals surface area contributed by atoms with Gasteiger partial charge in [0.1, 0.15) is 19.8 Å². The molecule has 0 saturated carbocycles. The normalized spacial score (nSPS) is 14.0. The molecule has 42 heavy (non-hydrogen) atoms. The molecular weight excluding hydrogens is 557 g/mol. The third-order valence-electron chi connectivity index (χ3n) is 7.13. The topological polar surface area (TPSA) is 111 Å². The quantitative estimate of drug-likeness (QED) is 0.0351. The lowest BCUT2D eigenvalue weighted by atomic mass is 10.0. The van der Waals surface area contributed by atoms with E-state index in [4.69, 9.17) is 18.5 Å². The Hall–Kier alpha value is -0.990. The molecule has 10 heteroatoms.